The summed E-state index contributed by atoms with van der Waals surface area (Å²) >= 11 is 0. The minimum atomic E-state index is -3.95. The zero-order chi connectivity index (χ0) is 22.2. The van der Waals surface area contributed by atoms with Gasteiger partial charge in [0.15, 0.2) is 6.61 Å². The highest BCUT2D eigenvalue weighted by Gasteiger charge is 2.23. The highest BCUT2D eigenvalue weighted by atomic mass is 32.2. The molecule has 0 aliphatic heterocycles. The first-order valence-electron chi connectivity index (χ1n) is 9.19. The number of rotatable bonds is 6. The molecule has 0 saturated carbocycles. The highest BCUT2D eigenvalue weighted by molar-refractivity contribution is 7.90. The molecule has 10 heteroatoms. The van der Waals surface area contributed by atoms with Gasteiger partial charge in [-0.3, -0.25) is 0 Å². The fourth-order valence-corrected chi connectivity index (χ4v) is 4.38. The normalized spacial score (nSPS) is 11.7. The summed E-state index contributed by atoms with van der Waals surface area (Å²) in [6.45, 7) is 3.48. The van der Waals surface area contributed by atoms with E-state index in [4.69, 9.17) is 13.6 Å². The Morgan fingerprint density at radius 1 is 1.03 bits per heavy atom. The third-order valence-electron chi connectivity index (χ3n) is 4.53. The second-order valence-corrected chi connectivity index (χ2v) is 8.87. The molecule has 0 atom stereocenters. The summed E-state index contributed by atoms with van der Waals surface area (Å²) in [6, 6.07) is 9.99. The van der Waals surface area contributed by atoms with Gasteiger partial charge in [-0.05, 0) is 48.7 Å². The quantitative estimate of drug-likeness (QED) is 0.416. The Balaban J connectivity index is 1.51. The van der Waals surface area contributed by atoms with Crippen LogP contribution in [0.25, 0.3) is 11.0 Å². The van der Waals surface area contributed by atoms with Crippen LogP contribution in [-0.4, -0.2) is 18.6 Å². The lowest BCUT2D eigenvalue weighted by molar-refractivity contribution is 0.250. The Morgan fingerprint density at radius 2 is 1.81 bits per heavy atom. The molecule has 0 aliphatic rings. The maximum atomic E-state index is 13.3. The average molecular weight is 444 g/mol. The summed E-state index contributed by atoms with van der Waals surface area (Å²) in [4.78, 5) is 11.6. The van der Waals surface area contributed by atoms with Gasteiger partial charge in [0.2, 0.25) is 9.84 Å². The highest BCUT2D eigenvalue weighted by Crippen LogP contribution is 2.27. The number of hydrogen-bond donors (Lipinski definition) is 0. The number of fused-ring (bicyclic) bond motifs is 1. The number of nitrogens with zero attached hydrogens (tertiary/aromatic N) is 2. The van der Waals surface area contributed by atoms with Crippen molar-refractivity contribution in [1.29, 1.82) is 0 Å². The van der Waals surface area contributed by atoms with E-state index in [9.17, 15) is 17.6 Å². The molecule has 0 bridgehead atoms. The number of hydrogen-bond acceptors (Lipinski definition) is 8. The second-order valence-electron chi connectivity index (χ2n) is 7.00. The van der Waals surface area contributed by atoms with Gasteiger partial charge in [-0.25, -0.2) is 17.6 Å². The molecule has 4 aromatic rings. The van der Waals surface area contributed by atoms with Crippen molar-refractivity contribution < 1.29 is 26.4 Å². The van der Waals surface area contributed by atoms with Gasteiger partial charge < -0.3 is 13.6 Å². The molecular formula is C21H17FN2O6S. The van der Waals surface area contributed by atoms with Crippen molar-refractivity contribution in [1.82, 2.24) is 10.2 Å². The molecule has 2 aromatic heterocycles. The molecule has 0 saturated heterocycles. The first-order valence-corrected chi connectivity index (χ1v) is 10.8. The van der Waals surface area contributed by atoms with Crippen molar-refractivity contribution in [3.05, 3.63) is 81.3 Å². The zero-order valence-corrected chi connectivity index (χ0v) is 17.4. The van der Waals surface area contributed by atoms with Gasteiger partial charge in [-0.2, -0.15) is 0 Å². The van der Waals surface area contributed by atoms with Crippen LogP contribution in [0.5, 0.6) is 5.75 Å². The number of aromatic nitrogens is 2. The Hall–Kier alpha value is -3.53. The number of ether oxygens (including phenoxy) is 1. The Kier molecular flexibility index (Phi) is 5.32. The van der Waals surface area contributed by atoms with Gasteiger partial charge in [0.1, 0.15) is 17.1 Å². The van der Waals surface area contributed by atoms with E-state index in [1.165, 1.54) is 24.3 Å². The van der Waals surface area contributed by atoms with Crippen molar-refractivity contribution in [2.75, 3.05) is 0 Å². The molecule has 31 heavy (non-hydrogen) atoms. The van der Waals surface area contributed by atoms with Crippen LogP contribution in [0.2, 0.25) is 0 Å². The maximum absolute atomic E-state index is 13.3. The molecule has 0 N–H and O–H groups in total. The predicted molar refractivity (Wildman–Crippen MR) is 108 cm³/mol. The first kappa shape index (κ1) is 20.7. The van der Waals surface area contributed by atoms with Crippen LogP contribution in [0.1, 0.15) is 22.6 Å². The fraction of sp³-hybridized carbons (Fsp3) is 0.190. The molecule has 2 aromatic carbocycles. The van der Waals surface area contributed by atoms with Crippen molar-refractivity contribution in [3.8, 4) is 5.75 Å². The summed E-state index contributed by atoms with van der Waals surface area (Å²) < 4.78 is 54.3. The first-order chi connectivity index (χ1) is 14.7. The maximum Gasteiger partial charge on any atom is 0.336 e. The average Bonchev–Trinajstić information content (AvgIpc) is 3.15. The molecule has 0 unspecified atom stereocenters. The Bertz CT molecular complexity index is 1440. The smallest absolute Gasteiger partial charge is 0.336 e. The lowest BCUT2D eigenvalue weighted by Crippen LogP contribution is -2.05. The van der Waals surface area contributed by atoms with Gasteiger partial charge in [0.25, 0.3) is 5.89 Å². The topological polar surface area (TPSA) is 112 Å². The predicted octanol–water partition coefficient (Wildman–Crippen LogP) is 3.48. The third kappa shape index (κ3) is 4.48. The molecular weight excluding hydrogens is 427 g/mol. The van der Waals surface area contributed by atoms with Crippen molar-refractivity contribution in [2.24, 2.45) is 0 Å². The monoisotopic (exact) mass is 444 g/mol. The summed E-state index contributed by atoms with van der Waals surface area (Å²) in [7, 11) is -3.95. The summed E-state index contributed by atoms with van der Waals surface area (Å²) in [5.74, 6) is -0.679. The van der Waals surface area contributed by atoms with Crippen molar-refractivity contribution in [2.45, 2.75) is 31.4 Å². The minimum Gasteiger partial charge on any atom is -0.484 e. The third-order valence-corrected chi connectivity index (χ3v) is 5.94. The SMILES string of the molecule is Cc1cc(OCc2nnc(S(=O)(=O)Cc3cccc(F)c3)o2)cc2oc(=O)cc(C)c12. The number of sulfone groups is 1. The van der Waals surface area contributed by atoms with E-state index in [-0.39, 0.29) is 18.1 Å². The molecule has 4 rings (SSSR count). The van der Waals surface area contributed by atoms with Gasteiger partial charge in [0, 0.05) is 17.5 Å². The molecule has 8 nitrogen and oxygen atoms in total. The minimum absolute atomic E-state index is 0.0544. The van der Waals surface area contributed by atoms with E-state index >= 15 is 0 Å². The van der Waals surface area contributed by atoms with E-state index in [0.29, 0.717) is 11.3 Å². The van der Waals surface area contributed by atoms with Crippen molar-refractivity contribution in [3.63, 3.8) is 0 Å². The van der Waals surface area contributed by atoms with Crippen molar-refractivity contribution >= 4 is 20.8 Å². The molecule has 0 aliphatic carbocycles. The standard InChI is InChI=1S/C21H17FN2O6S/c1-12-6-16(9-17-20(12)13(2)7-19(25)29-17)28-10-18-23-24-21(30-18)31(26,27)11-14-4-3-5-15(22)8-14/h3-9H,10-11H2,1-2H3. The lowest BCUT2D eigenvalue weighted by atomic mass is 10.1. The molecule has 160 valence electrons. The van der Waals surface area contributed by atoms with E-state index in [2.05, 4.69) is 10.2 Å². The number of aryl methyl sites for hydroxylation is 2. The largest absolute Gasteiger partial charge is 0.484 e. The van der Waals surface area contributed by atoms with E-state index < -0.39 is 32.3 Å². The summed E-state index contributed by atoms with van der Waals surface area (Å²) in [5.41, 5.74) is 1.81. The van der Waals surface area contributed by atoms with E-state index in [1.807, 2.05) is 13.8 Å². The Labute approximate surface area is 176 Å². The van der Waals surface area contributed by atoms with Crippen LogP contribution in [0.3, 0.4) is 0 Å². The summed E-state index contributed by atoms with van der Waals surface area (Å²) in [6.07, 6.45) is 0. The van der Waals surface area contributed by atoms with Gasteiger partial charge in [0.05, 0.1) is 5.75 Å². The molecule has 0 radical (unpaired) electrons. The Morgan fingerprint density at radius 3 is 2.58 bits per heavy atom. The molecule has 0 spiro atoms. The number of halogens is 1. The molecule has 0 fully saturated rings. The second kappa shape index (κ2) is 7.95. The molecule has 2 heterocycles. The van der Waals surface area contributed by atoms with E-state index in [0.717, 1.165) is 22.6 Å². The van der Waals surface area contributed by atoms with Gasteiger partial charge >= 0.3 is 10.8 Å². The van der Waals surface area contributed by atoms with Crippen LogP contribution >= 0.6 is 0 Å². The van der Waals surface area contributed by atoms with Crippen LogP contribution in [-0.2, 0) is 22.2 Å². The van der Waals surface area contributed by atoms with Gasteiger partial charge in [-0.15, -0.1) is 5.10 Å². The van der Waals surface area contributed by atoms with Crippen LogP contribution in [0.4, 0.5) is 4.39 Å². The fourth-order valence-electron chi connectivity index (χ4n) is 3.25. The summed E-state index contributed by atoms with van der Waals surface area (Å²) in [5, 5.41) is 7.51. The lowest BCUT2D eigenvalue weighted by Gasteiger charge is -2.08. The van der Waals surface area contributed by atoms with Crippen LogP contribution in [0, 0.1) is 19.7 Å². The van der Waals surface area contributed by atoms with Crippen LogP contribution < -0.4 is 10.4 Å². The van der Waals surface area contributed by atoms with Gasteiger partial charge in [-0.1, -0.05) is 17.2 Å². The zero-order valence-electron chi connectivity index (χ0n) is 16.6. The number of benzene rings is 2. The van der Waals surface area contributed by atoms with Crippen LogP contribution in [0.15, 0.2) is 61.3 Å². The molecule has 0 amide bonds. The van der Waals surface area contributed by atoms with E-state index in [1.54, 1.807) is 12.1 Å².